The second-order valence-electron chi connectivity index (χ2n) is 4.91. The average Bonchev–Trinajstić information content (AvgIpc) is 2.56. The number of hydrogen-bond donors (Lipinski definition) is 1. The third-order valence-corrected chi connectivity index (χ3v) is 3.40. The van der Waals surface area contributed by atoms with Crippen LogP contribution in [0.4, 0.5) is 0 Å². The summed E-state index contributed by atoms with van der Waals surface area (Å²) in [5.41, 5.74) is 0. The van der Waals surface area contributed by atoms with Gasteiger partial charge in [0.25, 0.3) is 0 Å². The fourth-order valence-corrected chi connectivity index (χ4v) is 2.45. The third kappa shape index (κ3) is 5.22. The van der Waals surface area contributed by atoms with E-state index < -0.39 is 5.97 Å². The summed E-state index contributed by atoms with van der Waals surface area (Å²) in [6.07, 6.45) is 12.6. The first-order chi connectivity index (χ1) is 8.63. The Labute approximate surface area is 108 Å². The molecule has 0 aromatic rings. The zero-order chi connectivity index (χ0) is 13.4. The number of nitrogens with zero attached hydrogens (tertiary/aromatic N) is 1. The highest BCUT2D eigenvalue weighted by atomic mass is 16.4. The summed E-state index contributed by atoms with van der Waals surface area (Å²) < 4.78 is 0. The van der Waals surface area contributed by atoms with Gasteiger partial charge < -0.3 is 10.0 Å². The van der Waals surface area contributed by atoms with Crippen molar-refractivity contribution in [2.45, 2.75) is 44.9 Å². The summed E-state index contributed by atoms with van der Waals surface area (Å²) in [4.78, 5) is 23.9. The summed E-state index contributed by atoms with van der Waals surface area (Å²) in [5, 5.41) is 8.75. The minimum atomic E-state index is -1.01. The number of hydrogen-bond acceptors (Lipinski definition) is 2. The Morgan fingerprint density at radius 2 is 1.83 bits per heavy atom. The summed E-state index contributed by atoms with van der Waals surface area (Å²) >= 11 is 0. The van der Waals surface area contributed by atoms with E-state index in [2.05, 4.69) is 5.92 Å². The highest BCUT2D eigenvalue weighted by Crippen LogP contribution is 2.25. The largest absolute Gasteiger partial charge is 0.480 e. The van der Waals surface area contributed by atoms with Gasteiger partial charge in [-0.15, -0.1) is 6.42 Å². The molecule has 0 aromatic carbocycles. The Balaban J connectivity index is 2.49. The summed E-state index contributed by atoms with van der Waals surface area (Å²) in [6.45, 7) is -0.215. The Kier molecular flexibility index (Phi) is 6.27. The number of rotatable bonds is 5. The lowest BCUT2D eigenvalue weighted by atomic mass is 9.96. The molecule has 4 nitrogen and oxygen atoms in total. The normalized spacial score (nSPS) is 16.6. The smallest absolute Gasteiger partial charge is 0.323 e. The molecule has 1 N–H and O–H groups in total. The van der Waals surface area contributed by atoms with Crippen LogP contribution < -0.4 is 0 Å². The molecule has 4 heteroatoms. The van der Waals surface area contributed by atoms with Gasteiger partial charge in [-0.1, -0.05) is 31.6 Å². The molecule has 1 aliphatic carbocycles. The van der Waals surface area contributed by atoms with Crippen LogP contribution in [0.25, 0.3) is 0 Å². The Hall–Kier alpha value is -1.50. The second kappa shape index (κ2) is 7.75. The van der Waals surface area contributed by atoms with Crippen molar-refractivity contribution in [3.63, 3.8) is 0 Å². The Bertz CT molecular complexity index is 324. The topological polar surface area (TPSA) is 57.6 Å². The summed E-state index contributed by atoms with van der Waals surface area (Å²) in [6, 6.07) is 0. The van der Waals surface area contributed by atoms with Gasteiger partial charge in [0, 0.05) is 6.42 Å². The number of amides is 1. The van der Waals surface area contributed by atoms with Crippen molar-refractivity contribution in [2.24, 2.45) is 5.92 Å². The number of carboxylic acids is 1. The van der Waals surface area contributed by atoms with Crippen molar-refractivity contribution in [2.75, 3.05) is 13.1 Å². The first-order valence-electron chi connectivity index (χ1n) is 6.56. The van der Waals surface area contributed by atoms with Gasteiger partial charge in [0.05, 0.1) is 6.54 Å². The fourth-order valence-electron chi connectivity index (χ4n) is 2.45. The number of carboxylic acid groups (broad SMARTS) is 1. The zero-order valence-corrected chi connectivity index (χ0v) is 10.7. The molecule has 0 unspecified atom stereocenters. The van der Waals surface area contributed by atoms with Crippen molar-refractivity contribution < 1.29 is 14.7 Å². The molecule has 100 valence electrons. The standard InChI is InChI=1S/C14H21NO3/c1-2-9-15(11-14(17)18)13(16)10-12-7-5-3-4-6-8-12/h1,12H,3-11H2,(H,17,18). The zero-order valence-electron chi connectivity index (χ0n) is 10.7. The van der Waals surface area contributed by atoms with Gasteiger partial charge in [0.1, 0.15) is 6.54 Å². The van der Waals surface area contributed by atoms with Crippen LogP contribution in [0.15, 0.2) is 0 Å². The van der Waals surface area contributed by atoms with Crippen LogP contribution in [-0.2, 0) is 9.59 Å². The molecule has 0 bridgehead atoms. The van der Waals surface area contributed by atoms with Gasteiger partial charge in [-0.25, -0.2) is 0 Å². The molecule has 1 saturated carbocycles. The Morgan fingerprint density at radius 3 is 2.33 bits per heavy atom. The molecule has 0 aromatic heterocycles. The molecule has 0 heterocycles. The van der Waals surface area contributed by atoms with Crippen LogP contribution in [-0.4, -0.2) is 35.0 Å². The minimum absolute atomic E-state index is 0.0812. The van der Waals surface area contributed by atoms with Crippen LogP contribution in [0.5, 0.6) is 0 Å². The molecule has 18 heavy (non-hydrogen) atoms. The lowest BCUT2D eigenvalue weighted by molar-refractivity contribution is -0.144. The monoisotopic (exact) mass is 251 g/mol. The first kappa shape index (κ1) is 14.6. The maximum Gasteiger partial charge on any atom is 0.323 e. The molecular formula is C14H21NO3. The molecule has 0 atom stereocenters. The van der Waals surface area contributed by atoms with Gasteiger partial charge in [-0.2, -0.15) is 0 Å². The predicted molar refractivity (Wildman–Crippen MR) is 68.9 cm³/mol. The van der Waals surface area contributed by atoms with Gasteiger partial charge in [-0.05, 0) is 18.8 Å². The molecule has 0 aliphatic heterocycles. The third-order valence-electron chi connectivity index (χ3n) is 3.40. The van der Waals surface area contributed by atoms with Crippen LogP contribution in [0.2, 0.25) is 0 Å². The molecule has 1 fully saturated rings. The van der Waals surface area contributed by atoms with Crippen LogP contribution in [0.1, 0.15) is 44.9 Å². The number of aliphatic carboxylic acids is 1. The second-order valence-corrected chi connectivity index (χ2v) is 4.91. The lowest BCUT2D eigenvalue weighted by Gasteiger charge is -2.21. The van der Waals surface area contributed by atoms with Gasteiger partial charge >= 0.3 is 5.97 Å². The fraction of sp³-hybridized carbons (Fsp3) is 0.714. The minimum Gasteiger partial charge on any atom is -0.480 e. The van der Waals surface area contributed by atoms with Crippen molar-refractivity contribution in [1.29, 1.82) is 0 Å². The first-order valence-corrected chi connectivity index (χ1v) is 6.56. The van der Waals surface area contributed by atoms with E-state index >= 15 is 0 Å². The van der Waals surface area contributed by atoms with Gasteiger partial charge in [-0.3, -0.25) is 9.59 Å². The van der Waals surface area contributed by atoms with E-state index in [1.54, 1.807) is 0 Å². The van der Waals surface area contributed by atoms with Crippen LogP contribution in [0, 0.1) is 18.3 Å². The maximum atomic E-state index is 12.0. The van der Waals surface area contributed by atoms with E-state index in [1.807, 2.05) is 0 Å². The van der Waals surface area contributed by atoms with E-state index in [0.29, 0.717) is 12.3 Å². The quantitative estimate of drug-likeness (QED) is 0.599. The van der Waals surface area contributed by atoms with Crippen LogP contribution >= 0.6 is 0 Å². The summed E-state index contributed by atoms with van der Waals surface area (Å²) in [5.74, 6) is 1.61. The van der Waals surface area contributed by atoms with E-state index in [4.69, 9.17) is 11.5 Å². The van der Waals surface area contributed by atoms with Crippen molar-refractivity contribution in [3.05, 3.63) is 0 Å². The number of carbonyl (C=O) groups is 2. The molecular weight excluding hydrogens is 230 g/mol. The SMILES string of the molecule is C#CCN(CC(=O)O)C(=O)CC1CCCCCC1. The average molecular weight is 251 g/mol. The van der Waals surface area contributed by atoms with Crippen LogP contribution in [0.3, 0.4) is 0 Å². The molecule has 1 aliphatic rings. The van der Waals surface area contributed by atoms with Gasteiger partial charge in [0.2, 0.25) is 5.91 Å². The molecule has 0 saturated heterocycles. The maximum absolute atomic E-state index is 12.0. The molecule has 1 amide bonds. The van der Waals surface area contributed by atoms with Gasteiger partial charge in [0.15, 0.2) is 0 Å². The van der Waals surface area contributed by atoms with E-state index in [0.717, 1.165) is 12.8 Å². The van der Waals surface area contributed by atoms with Crippen molar-refractivity contribution >= 4 is 11.9 Å². The number of carbonyl (C=O) groups excluding carboxylic acids is 1. The Morgan fingerprint density at radius 1 is 1.22 bits per heavy atom. The van der Waals surface area contributed by atoms with E-state index in [1.165, 1.54) is 30.6 Å². The summed E-state index contributed by atoms with van der Waals surface area (Å²) in [7, 11) is 0. The van der Waals surface area contributed by atoms with Crippen molar-refractivity contribution in [1.82, 2.24) is 4.90 Å². The molecule has 1 rings (SSSR count). The van der Waals surface area contributed by atoms with E-state index in [9.17, 15) is 9.59 Å². The molecule has 0 spiro atoms. The van der Waals surface area contributed by atoms with E-state index in [-0.39, 0.29) is 19.0 Å². The number of terminal acetylenes is 1. The van der Waals surface area contributed by atoms with Crippen molar-refractivity contribution in [3.8, 4) is 12.3 Å². The molecule has 0 radical (unpaired) electrons. The highest BCUT2D eigenvalue weighted by molar-refractivity contribution is 5.81. The lowest BCUT2D eigenvalue weighted by Crippen LogP contribution is -2.36. The highest BCUT2D eigenvalue weighted by Gasteiger charge is 2.21. The predicted octanol–water partition coefficient (Wildman–Crippen LogP) is 1.89.